The lowest BCUT2D eigenvalue weighted by Gasteiger charge is -2.04. The van der Waals surface area contributed by atoms with Crippen molar-refractivity contribution in [1.29, 1.82) is 0 Å². The molecule has 0 saturated heterocycles. The van der Waals surface area contributed by atoms with Crippen LogP contribution in [0.4, 0.5) is 11.6 Å². The molecule has 2 N–H and O–H groups in total. The third-order valence-corrected chi connectivity index (χ3v) is 2.23. The fourth-order valence-electron chi connectivity index (χ4n) is 1.44. The van der Waals surface area contributed by atoms with Crippen molar-refractivity contribution in [2.24, 2.45) is 0 Å². The van der Waals surface area contributed by atoms with Gasteiger partial charge in [0.15, 0.2) is 5.88 Å². The molecule has 0 spiro atoms. The number of hydrogen-bond donors (Lipinski definition) is 2. The van der Waals surface area contributed by atoms with Gasteiger partial charge in [-0.3, -0.25) is 14.9 Å². The van der Waals surface area contributed by atoms with Crippen LogP contribution in [-0.2, 0) is 4.79 Å². The summed E-state index contributed by atoms with van der Waals surface area (Å²) in [6.07, 6.45) is 1.48. The van der Waals surface area contributed by atoms with E-state index in [1.165, 1.54) is 13.2 Å². The maximum Gasteiger partial charge on any atom is 0.257 e. The van der Waals surface area contributed by atoms with Crippen molar-refractivity contribution in [2.75, 3.05) is 10.6 Å². The number of carbonyl (C=O) groups is 2. The Kier molecular flexibility index (Phi) is 3.43. The smallest absolute Gasteiger partial charge is 0.257 e. The molecule has 2 rings (SSSR count). The lowest BCUT2D eigenvalue weighted by molar-refractivity contribution is -0.114. The van der Waals surface area contributed by atoms with Crippen molar-refractivity contribution >= 4 is 23.4 Å². The highest BCUT2D eigenvalue weighted by molar-refractivity contribution is 6.03. The molecule has 0 fully saturated rings. The molecular formula is C13H12N2O3. The first kappa shape index (κ1) is 11.9. The van der Waals surface area contributed by atoms with Crippen LogP contribution in [0, 0.1) is 0 Å². The van der Waals surface area contributed by atoms with Gasteiger partial charge in [-0.05, 0) is 30.3 Å². The van der Waals surface area contributed by atoms with Crippen LogP contribution in [0.2, 0.25) is 0 Å². The first-order chi connectivity index (χ1) is 8.65. The van der Waals surface area contributed by atoms with Gasteiger partial charge in [0.05, 0.1) is 6.26 Å². The molecule has 0 aliphatic rings. The predicted molar refractivity (Wildman–Crippen MR) is 67.4 cm³/mol. The fourth-order valence-corrected chi connectivity index (χ4v) is 1.44. The minimum atomic E-state index is -0.265. The summed E-state index contributed by atoms with van der Waals surface area (Å²) in [5, 5.41) is 5.23. The van der Waals surface area contributed by atoms with Gasteiger partial charge in [-0.25, -0.2) is 0 Å². The molecular weight excluding hydrogens is 232 g/mol. The number of furan rings is 1. The minimum absolute atomic E-state index is 0.150. The maximum absolute atomic E-state index is 11.8. The third kappa shape index (κ3) is 2.98. The van der Waals surface area contributed by atoms with Crippen LogP contribution in [0.25, 0.3) is 0 Å². The Morgan fingerprint density at radius 3 is 2.33 bits per heavy atom. The van der Waals surface area contributed by atoms with Gasteiger partial charge in [0.1, 0.15) is 0 Å². The summed E-state index contributed by atoms with van der Waals surface area (Å²) in [4.78, 5) is 22.6. The van der Waals surface area contributed by atoms with Crippen molar-refractivity contribution in [3.63, 3.8) is 0 Å². The molecule has 1 heterocycles. The van der Waals surface area contributed by atoms with E-state index in [-0.39, 0.29) is 11.8 Å². The Morgan fingerprint density at radius 2 is 1.78 bits per heavy atom. The summed E-state index contributed by atoms with van der Waals surface area (Å²) < 4.78 is 5.01. The number of benzene rings is 1. The molecule has 1 aromatic heterocycles. The van der Waals surface area contributed by atoms with Crippen molar-refractivity contribution in [3.8, 4) is 0 Å². The Labute approximate surface area is 104 Å². The van der Waals surface area contributed by atoms with Gasteiger partial charge in [0, 0.05) is 24.2 Å². The molecule has 0 saturated carbocycles. The van der Waals surface area contributed by atoms with E-state index >= 15 is 0 Å². The highest BCUT2D eigenvalue weighted by atomic mass is 16.3. The number of hydrogen-bond acceptors (Lipinski definition) is 3. The van der Waals surface area contributed by atoms with E-state index in [0.29, 0.717) is 17.1 Å². The number of rotatable bonds is 3. The van der Waals surface area contributed by atoms with Crippen LogP contribution in [0.3, 0.4) is 0 Å². The van der Waals surface area contributed by atoms with Crippen molar-refractivity contribution in [1.82, 2.24) is 0 Å². The van der Waals surface area contributed by atoms with E-state index in [2.05, 4.69) is 10.6 Å². The molecule has 0 unspecified atom stereocenters. The monoisotopic (exact) mass is 244 g/mol. The highest BCUT2D eigenvalue weighted by Crippen LogP contribution is 2.12. The summed E-state index contributed by atoms with van der Waals surface area (Å²) >= 11 is 0. The van der Waals surface area contributed by atoms with E-state index < -0.39 is 0 Å². The van der Waals surface area contributed by atoms with Crippen molar-refractivity contribution < 1.29 is 14.0 Å². The van der Waals surface area contributed by atoms with Crippen molar-refractivity contribution in [3.05, 3.63) is 48.2 Å². The lowest BCUT2D eigenvalue weighted by atomic mass is 10.2. The van der Waals surface area contributed by atoms with Gasteiger partial charge in [-0.2, -0.15) is 0 Å². The summed E-state index contributed by atoms with van der Waals surface area (Å²) in [6, 6.07) is 9.93. The van der Waals surface area contributed by atoms with Crippen LogP contribution < -0.4 is 10.6 Å². The molecule has 0 aliphatic heterocycles. The molecule has 92 valence electrons. The highest BCUT2D eigenvalue weighted by Gasteiger charge is 2.07. The van der Waals surface area contributed by atoms with Crippen LogP contribution in [0.15, 0.2) is 47.1 Å². The molecule has 2 aromatic rings. The Hall–Kier alpha value is -2.56. The third-order valence-electron chi connectivity index (χ3n) is 2.23. The summed E-state index contributed by atoms with van der Waals surface area (Å²) in [5.41, 5.74) is 1.14. The number of anilines is 2. The first-order valence-electron chi connectivity index (χ1n) is 5.37. The average molecular weight is 244 g/mol. The predicted octanol–water partition coefficient (Wildman–Crippen LogP) is 2.49. The van der Waals surface area contributed by atoms with Crippen molar-refractivity contribution in [2.45, 2.75) is 6.92 Å². The molecule has 18 heavy (non-hydrogen) atoms. The second-order valence-corrected chi connectivity index (χ2v) is 3.69. The van der Waals surface area contributed by atoms with E-state index in [0.717, 1.165) is 0 Å². The van der Waals surface area contributed by atoms with Gasteiger partial charge < -0.3 is 9.73 Å². The summed E-state index contributed by atoms with van der Waals surface area (Å²) in [5.74, 6) is -0.0203. The number of nitrogens with one attached hydrogen (secondary N) is 2. The fraction of sp³-hybridized carbons (Fsp3) is 0.0769. The Bertz CT molecular complexity index is 544. The number of amides is 2. The minimum Gasteiger partial charge on any atom is -0.449 e. The molecule has 5 nitrogen and oxygen atoms in total. The van der Waals surface area contributed by atoms with E-state index in [4.69, 9.17) is 4.42 Å². The van der Waals surface area contributed by atoms with Crippen LogP contribution in [-0.4, -0.2) is 11.8 Å². The van der Waals surface area contributed by atoms with Crippen LogP contribution >= 0.6 is 0 Å². The lowest BCUT2D eigenvalue weighted by Crippen LogP contribution is -2.11. The zero-order valence-corrected chi connectivity index (χ0v) is 9.77. The second kappa shape index (κ2) is 5.18. The van der Waals surface area contributed by atoms with E-state index in [9.17, 15) is 9.59 Å². The topological polar surface area (TPSA) is 71.3 Å². The number of carbonyl (C=O) groups excluding carboxylic acids is 2. The zero-order valence-electron chi connectivity index (χ0n) is 9.77. The van der Waals surface area contributed by atoms with E-state index in [1.54, 1.807) is 36.4 Å². The molecule has 5 heteroatoms. The molecule has 2 amide bonds. The largest absolute Gasteiger partial charge is 0.449 e. The van der Waals surface area contributed by atoms with Gasteiger partial charge in [-0.15, -0.1) is 0 Å². The normalized spacial score (nSPS) is 9.83. The summed E-state index contributed by atoms with van der Waals surface area (Å²) in [7, 11) is 0. The summed E-state index contributed by atoms with van der Waals surface area (Å²) in [6.45, 7) is 1.43. The zero-order chi connectivity index (χ0) is 13.0. The molecule has 0 radical (unpaired) electrons. The Morgan fingerprint density at radius 1 is 1.06 bits per heavy atom. The molecule has 0 bridgehead atoms. The first-order valence-corrected chi connectivity index (χ1v) is 5.37. The molecule has 0 aliphatic carbocycles. The SMILES string of the molecule is CC(=O)Nc1ccc(C(=O)Nc2ccco2)cc1. The Balaban J connectivity index is 2.05. The standard InChI is InChI=1S/C13H12N2O3/c1-9(16)14-11-6-4-10(5-7-11)13(17)15-12-3-2-8-18-12/h2-8H,1H3,(H,14,16)(H,15,17). The van der Waals surface area contributed by atoms with Crippen LogP contribution in [0.5, 0.6) is 0 Å². The quantitative estimate of drug-likeness (QED) is 0.871. The van der Waals surface area contributed by atoms with Gasteiger partial charge >= 0.3 is 0 Å². The average Bonchev–Trinajstić information content (AvgIpc) is 2.82. The van der Waals surface area contributed by atoms with Gasteiger partial charge in [0.2, 0.25) is 5.91 Å². The van der Waals surface area contributed by atoms with E-state index in [1.807, 2.05) is 0 Å². The van der Waals surface area contributed by atoms with Crippen LogP contribution in [0.1, 0.15) is 17.3 Å². The molecule has 0 atom stereocenters. The second-order valence-electron chi connectivity index (χ2n) is 3.69. The van der Waals surface area contributed by atoms with Gasteiger partial charge in [0.25, 0.3) is 5.91 Å². The maximum atomic E-state index is 11.8. The van der Waals surface area contributed by atoms with Gasteiger partial charge in [-0.1, -0.05) is 0 Å². The molecule has 1 aromatic carbocycles.